The van der Waals surface area contributed by atoms with Crippen LogP contribution in [0.15, 0.2) is 29.2 Å². The third-order valence-electron chi connectivity index (χ3n) is 6.53. The summed E-state index contributed by atoms with van der Waals surface area (Å²) in [4.78, 5) is 14.8. The number of hydrogen-bond acceptors (Lipinski definition) is 5. The van der Waals surface area contributed by atoms with Gasteiger partial charge in [-0.15, -0.1) is 0 Å². The maximum Gasteiger partial charge on any atom is 0.282 e. The molecule has 1 aromatic rings. The third kappa shape index (κ3) is 4.86. The highest BCUT2D eigenvalue weighted by molar-refractivity contribution is 7.89. The number of hydrogen-bond donors (Lipinski definition) is 0. The second-order valence-corrected chi connectivity index (χ2v) is 12.5. The molecule has 0 aliphatic carbocycles. The average Bonchev–Trinajstić information content (AvgIpc) is 3.22. The van der Waals surface area contributed by atoms with Crippen LogP contribution >= 0.6 is 0 Å². The molecule has 9 nitrogen and oxygen atoms in total. The Morgan fingerprint density at radius 2 is 1.19 bits per heavy atom. The number of carbonyl (C=O) groups is 1. The molecular weight excluding hydrogens is 452 g/mol. The van der Waals surface area contributed by atoms with Gasteiger partial charge in [-0.25, -0.2) is 8.42 Å². The van der Waals surface area contributed by atoms with Crippen molar-refractivity contribution in [3.63, 3.8) is 0 Å². The zero-order valence-electron chi connectivity index (χ0n) is 18.4. The van der Waals surface area contributed by atoms with Crippen LogP contribution in [0.3, 0.4) is 0 Å². The van der Waals surface area contributed by atoms with Crippen LogP contribution in [0.25, 0.3) is 0 Å². The number of piperazine rings is 1. The van der Waals surface area contributed by atoms with E-state index in [0.717, 1.165) is 38.5 Å². The molecule has 3 heterocycles. The van der Waals surface area contributed by atoms with E-state index in [-0.39, 0.29) is 37.0 Å². The van der Waals surface area contributed by atoms with Gasteiger partial charge in [0.25, 0.3) is 16.1 Å². The molecule has 11 heteroatoms. The molecule has 0 atom stereocenters. The highest BCUT2D eigenvalue weighted by atomic mass is 32.2. The SMILES string of the molecule is O=C(c1cccc(S(=O)(=O)N2CCCCCC2)c1)N1CCN(S(=O)(=O)N2CCCC2)CC1. The van der Waals surface area contributed by atoms with Crippen molar-refractivity contribution in [2.75, 3.05) is 52.4 Å². The molecule has 0 saturated carbocycles. The Labute approximate surface area is 191 Å². The summed E-state index contributed by atoms with van der Waals surface area (Å²) in [5, 5.41) is 0. The summed E-state index contributed by atoms with van der Waals surface area (Å²) in [7, 11) is -7.11. The first-order valence-electron chi connectivity index (χ1n) is 11.4. The second-order valence-electron chi connectivity index (χ2n) is 8.65. The number of rotatable bonds is 5. The lowest BCUT2D eigenvalue weighted by Crippen LogP contribution is -2.53. The lowest BCUT2D eigenvalue weighted by Gasteiger charge is -2.35. The Morgan fingerprint density at radius 3 is 1.81 bits per heavy atom. The van der Waals surface area contributed by atoms with E-state index < -0.39 is 20.2 Å². The standard InChI is InChI=1S/C21H32N4O5S2/c26-21(22-14-16-25(17-15-22)32(29,30)24-12-5-6-13-24)19-8-7-9-20(18-19)31(27,28)23-10-3-1-2-4-11-23/h7-9,18H,1-6,10-17H2. The van der Waals surface area contributed by atoms with E-state index in [9.17, 15) is 21.6 Å². The van der Waals surface area contributed by atoms with Crippen LogP contribution < -0.4 is 0 Å². The van der Waals surface area contributed by atoms with Crippen LogP contribution in [0.1, 0.15) is 48.9 Å². The number of sulfonamides is 1. The van der Waals surface area contributed by atoms with Crippen molar-refractivity contribution in [2.24, 2.45) is 0 Å². The number of amides is 1. The minimum Gasteiger partial charge on any atom is -0.336 e. The quantitative estimate of drug-likeness (QED) is 0.628. The first-order valence-corrected chi connectivity index (χ1v) is 14.3. The highest BCUT2D eigenvalue weighted by Gasteiger charge is 2.35. The molecular formula is C21H32N4O5S2. The largest absolute Gasteiger partial charge is 0.336 e. The summed E-state index contributed by atoms with van der Waals surface area (Å²) in [6.45, 7) is 3.19. The van der Waals surface area contributed by atoms with Crippen molar-refractivity contribution in [1.82, 2.24) is 17.8 Å². The van der Waals surface area contributed by atoms with Crippen molar-refractivity contribution in [1.29, 1.82) is 0 Å². The molecule has 0 bridgehead atoms. The van der Waals surface area contributed by atoms with Crippen molar-refractivity contribution in [3.8, 4) is 0 Å². The van der Waals surface area contributed by atoms with Crippen LogP contribution in [0.4, 0.5) is 0 Å². The number of carbonyl (C=O) groups excluding carboxylic acids is 1. The Bertz CT molecular complexity index is 1020. The molecule has 4 rings (SSSR count). The molecule has 1 amide bonds. The predicted octanol–water partition coefficient (Wildman–Crippen LogP) is 1.35. The smallest absolute Gasteiger partial charge is 0.282 e. The average molecular weight is 485 g/mol. The first kappa shape index (κ1) is 23.6. The second kappa shape index (κ2) is 9.76. The molecule has 0 N–H and O–H groups in total. The minimum atomic E-state index is -3.64. The van der Waals surface area contributed by atoms with Gasteiger partial charge in [0.05, 0.1) is 4.90 Å². The zero-order valence-corrected chi connectivity index (χ0v) is 20.0. The summed E-state index contributed by atoms with van der Waals surface area (Å²) in [6.07, 6.45) is 5.53. The monoisotopic (exact) mass is 484 g/mol. The third-order valence-corrected chi connectivity index (χ3v) is 10.5. The summed E-state index contributed by atoms with van der Waals surface area (Å²) in [5.41, 5.74) is 0.316. The fourth-order valence-corrected chi connectivity index (χ4v) is 7.84. The molecule has 178 valence electrons. The van der Waals surface area contributed by atoms with E-state index in [1.165, 1.54) is 25.0 Å². The normalized spacial score (nSPS) is 22.7. The molecule has 32 heavy (non-hydrogen) atoms. The van der Waals surface area contributed by atoms with Gasteiger partial charge in [-0.05, 0) is 43.9 Å². The maximum atomic E-state index is 13.1. The van der Waals surface area contributed by atoms with Gasteiger partial charge in [-0.2, -0.15) is 21.3 Å². The van der Waals surface area contributed by atoms with E-state index >= 15 is 0 Å². The van der Waals surface area contributed by atoms with E-state index in [0.29, 0.717) is 31.7 Å². The maximum absolute atomic E-state index is 13.1. The van der Waals surface area contributed by atoms with Gasteiger partial charge in [0.1, 0.15) is 0 Å². The van der Waals surface area contributed by atoms with Gasteiger partial charge < -0.3 is 4.90 Å². The fourth-order valence-electron chi connectivity index (χ4n) is 4.61. The molecule has 3 saturated heterocycles. The van der Waals surface area contributed by atoms with Gasteiger partial charge >= 0.3 is 0 Å². The van der Waals surface area contributed by atoms with Gasteiger partial charge in [0.15, 0.2) is 0 Å². The summed E-state index contributed by atoms with van der Waals surface area (Å²) >= 11 is 0. The van der Waals surface area contributed by atoms with Gasteiger partial charge in [-0.3, -0.25) is 4.79 Å². The Kier molecular flexibility index (Phi) is 7.21. The number of benzene rings is 1. The first-order chi connectivity index (χ1) is 15.3. The molecule has 0 unspecified atom stereocenters. The van der Waals surface area contributed by atoms with Crippen LogP contribution in [0, 0.1) is 0 Å². The summed E-state index contributed by atoms with van der Waals surface area (Å²) in [5.74, 6) is -0.267. The molecule has 3 fully saturated rings. The lowest BCUT2D eigenvalue weighted by molar-refractivity contribution is 0.0694. The van der Waals surface area contributed by atoms with E-state index in [1.807, 2.05) is 0 Å². The van der Waals surface area contributed by atoms with Gasteiger partial charge in [0, 0.05) is 57.9 Å². The van der Waals surface area contributed by atoms with Crippen molar-refractivity contribution >= 4 is 26.1 Å². The molecule has 0 aromatic heterocycles. The fraction of sp³-hybridized carbons (Fsp3) is 0.667. The van der Waals surface area contributed by atoms with Gasteiger partial charge in [0.2, 0.25) is 10.0 Å². The Morgan fingerprint density at radius 1 is 0.656 bits per heavy atom. The molecule has 3 aliphatic heterocycles. The molecule has 1 aromatic carbocycles. The summed E-state index contributed by atoms with van der Waals surface area (Å²) < 4.78 is 56.2. The topological polar surface area (TPSA) is 98.3 Å². The van der Waals surface area contributed by atoms with E-state index in [1.54, 1.807) is 17.0 Å². The van der Waals surface area contributed by atoms with Crippen LogP contribution in [-0.4, -0.2) is 92.9 Å². The Balaban J connectivity index is 1.43. The van der Waals surface area contributed by atoms with E-state index in [4.69, 9.17) is 0 Å². The molecule has 0 spiro atoms. The predicted molar refractivity (Wildman–Crippen MR) is 121 cm³/mol. The van der Waals surface area contributed by atoms with E-state index in [2.05, 4.69) is 0 Å². The Hall–Kier alpha value is -1.53. The zero-order chi connectivity index (χ0) is 22.8. The summed E-state index contributed by atoms with van der Waals surface area (Å²) in [6, 6.07) is 6.22. The van der Waals surface area contributed by atoms with Crippen LogP contribution in [-0.2, 0) is 20.2 Å². The molecule has 0 radical (unpaired) electrons. The van der Waals surface area contributed by atoms with Crippen molar-refractivity contribution < 1.29 is 21.6 Å². The molecule has 3 aliphatic rings. The van der Waals surface area contributed by atoms with Crippen molar-refractivity contribution in [3.05, 3.63) is 29.8 Å². The number of nitrogens with zero attached hydrogens (tertiary/aromatic N) is 4. The van der Waals surface area contributed by atoms with Gasteiger partial charge in [-0.1, -0.05) is 18.9 Å². The van der Waals surface area contributed by atoms with Crippen molar-refractivity contribution in [2.45, 2.75) is 43.4 Å². The lowest BCUT2D eigenvalue weighted by atomic mass is 10.2. The van der Waals surface area contributed by atoms with Crippen LogP contribution in [0.2, 0.25) is 0 Å². The highest BCUT2D eigenvalue weighted by Crippen LogP contribution is 2.23. The minimum absolute atomic E-state index is 0.139. The van der Waals surface area contributed by atoms with Crippen LogP contribution in [0.5, 0.6) is 0 Å².